The van der Waals surface area contributed by atoms with Crippen LogP contribution in [0.1, 0.15) is 39.9 Å². The van der Waals surface area contributed by atoms with E-state index in [-0.39, 0.29) is 22.8 Å². The number of hydrogen-bond donors (Lipinski definition) is 1. The van der Waals surface area contributed by atoms with Crippen LogP contribution >= 0.6 is 0 Å². The van der Waals surface area contributed by atoms with Gasteiger partial charge in [0.15, 0.2) is 5.69 Å². The van der Waals surface area contributed by atoms with E-state index in [4.69, 9.17) is 4.74 Å². The van der Waals surface area contributed by atoms with Crippen LogP contribution in [-0.4, -0.2) is 37.6 Å². The number of ether oxygens (including phenoxy) is 1. The Hall–Kier alpha value is -3.58. The Bertz CT molecular complexity index is 1210. The molecule has 1 unspecified atom stereocenters. The Morgan fingerprint density at radius 3 is 2.45 bits per heavy atom. The summed E-state index contributed by atoms with van der Waals surface area (Å²) in [4.78, 5) is 16.2. The Kier molecular flexibility index (Phi) is 5.33. The maximum Gasteiger partial charge on any atom is 0.435 e. The highest BCUT2D eigenvalue weighted by molar-refractivity contribution is 5.93. The van der Waals surface area contributed by atoms with Crippen molar-refractivity contribution in [2.75, 3.05) is 7.11 Å². The summed E-state index contributed by atoms with van der Waals surface area (Å²) in [5.41, 5.74) is -2.35. The van der Waals surface area contributed by atoms with E-state index in [0.29, 0.717) is 30.9 Å². The number of halogens is 6. The van der Waals surface area contributed by atoms with E-state index in [0.717, 1.165) is 10.7 Å². The van der Waals surface area contributed by atoms with Gasteiger partial charge in [-0.25, -0.2) is 4.98 Å². The quantitative estimate of drug-likeness (QED) is 0.584. The second-order valence-corrected chi connectivity index (χ2v) is 7.30. The lowest BCUT2D eigenvalue weighted by atomic mass is 10.1. The van der Waals surface area contributed by atoms with Gasteiger partial charge in [0.2, 0.25) is 5.88 Å². The highest BCUT2D eigenvalue weighted by Crippen LogP contribution is 2.39. The Morgan fingerprint density at radius 2 is 1.85 bits per heavy atom. The molecule has 4 rings (SSSR count). The molecule has 1 N–H and O–H groups in total. The molecule has 176 valence electrons. The van der Waals surface area contributed by atoms with Crippen LogP contribution in [0.2, 0.25) is 0 Å². The second kappa shape index (κ2) is 7.78. The fourth-order valence-corrected chi connectivity index (χ4v) is 3.60. The molecule has 0 saturated heterocycles. The first-order chi connectivity index (χ1) is 15.4. The largest absolute Gasteiger partial charge is 0.481 e. The molecule has 0 bridgehead atoms. The van der Waals surface area contributed by atoms with Crippen molar-refractivity contribution in [3.63, 3.8) is 0 Å². The molecule has 1 aliphatic heterocycles. The van der Waals surface area contributed by atoms with Crippen molar-refractivity contribution in [2.45, 2.75) is 31.4 Å². The summed E-state index contributed by atoms with van der Waals surface area (Å²) in [6.07, 6.45) is -8.38. The zero-order chi connectivity index (χ0) is 24.1. The molecule has 8 nitrogen and oxygen atoms in total. The number of rotatable bonds is 4. The first-order valence-corrected chi connectivity index (χ1v) is 9.50. The second-order valence-electron chi connectivity index (χ2n) is 7.30. The zero-order valence-electron chi connectivity index (χ0n) is 17.1. The number of aryl methyl sites for hydroxylation is 2. The van der Waals surface area contributed by atoms with Crippen LogP contribution < -0.4 is 10.1 Å². The Morgan fingerprint density at radius 1 is 1.12 bits per heavy atom. The SMILES string of the molecule is COc1cc(-c2cc3n(n2)CCC3NC(=O)c2cc(C(F)(F)F)nn2C)c(C(F)(F)F)cn1. The van der Waals surface area contributed by atoms with E-state index in [1.807, 2.05) is 0 Å². The average Bonchev–Trinajstić information content (AvgIpc) is 3.41. The third kappa shape index (κ3) is 4.24. The van der Waals surface area contributed by atoms with E-state index < -0.39 is 35.6 Å². The zero-order valence-corrected chi connectivity index (χ0v) is 17.1. The van der Waals surface area contributed by atoms with E-state index >= 15 is 0 Å². The number of pyridine rings is 1. The Balaban J connectivity index is 1.63. The van der Waals surface area contributed by atoms with Crippen molar-refractivity contribution >= 4 is 5.91 Å². The molecule has 33 heavy (non-hydrogen) atoms. The summed E-state index contributed by atoms with van der Waals surface area (Å²) in [7, 11) is 2.47. The predicted octanol–water partition coefficient (Wildman–Crippen LogP) is 3.60. The van der Waals surface area contributed by atoms with Crippen molar-refractivity contribution in [2.24, 2.45) is 7.05 Å². The van der Waals surface area contributed by atoms with Crippen molar-refractivity contribution in [3.05, 3.63) is 47.0 Å². The van der Waals surface area contributed by atoms with Crippen LogP contribution in [0, 0.1) is 0 Å². The minimum absolute atomic E-state index is 0.00290. The van der Waals surface area contributed by atoms with Crippen LogP contribution in [0.4, 0.5) is 26.3 Å². The van der Waals surface area contributed by atoms with Gasteiger partial charge in [0.25, 0.3) is 5.91 Å². The van der Waals surface area contributed by atoms with Gasteiger partial charge in [-0.3, -0.25) is 14.2 Å². The van der Waals surface area contributed by atoms with Gasteiger partial charge in [-0.15, -0.1) is 0 Å². The number of carbonyl (C=O) groups excluding carboxylic acids is 1. The molecule has 4 heterocycles. The number of amides is 1. The van der Waals surface area contributed by atoms with Gasteiger partial charge in [0, 0.05) is 37.5 Å². The first-order valence-electron chi connectivity index (χ1n) is 9.50. The van der Waals surface area contributed by atoms with E-state index in [1.54, 1.807) is 0 Å². The van der Waals surface area contributed by atoms with Gasteiger partial charge >= 0.3 is 12.4 Å². The van der Waals surface area contributed by atoms with Crippen molar-refractivity contribution in [1.29, 1.82) is 0 Å². The summed E-state index contributed by atoms with van der Waals surface area (Å²) >= 11 is 0. The number of nitrogens with one attached hydrogen (secondary N) is 1. The molecular formula is C19H16F6N6O2. The first kappa shape index (κ1) is 22.6. The minimum Gasteiger partial charge on any atom is -0.481 e. The van der Waals surface area contributed by atoms with Crippen LogP contribution in [-0.2, 0) is 25.9 Å². The molecule has 3 aromatic rings. The minimum atomic E-state index is -4.71. The maximum atomic E-state index is 13.5. The standard InChI is InChI=1S/C19H16F6N6O2/c1-30-14(7-15(29-30)19(23,24)25)17(32)27-11-3-4-31-13(11)6-12(28-31)9-5-16(33-2)26-8-10(9)18(20,21)22/h5-8,11H,3-4H2,1-2H3,(H,27,32). The molecule has 1 atom stereocenters. The molecule has 1 amide bonds. The van der Waals surface area contributed by atoms with E-state index in [2.05, 4.69) is 20.5 Å². The van der Waals surface area contributed by atoms with Crippen molar-refractivity contribution < 1.29 is 35.9 Å². The highest BCUT2D eigenvalue weighted by atomic mass is 19.4. The number of nitrogens with zero attached hydrogens (tertiary/aromatic N) is 5. The van der Waals surface area contributed by atoms with Crippen LogP contribution in [0.25, 0.3) is 11.3 Å². The lowest BCUT2D eigenvalue weighted by molar-refractivity contribution is -0.141. The summed E-state index contributed by atoms with van der Waals surface area (Å²) in [6.45, 7) is 0.295. The van der Waals surface area contributed by atoms with Crippen molar-refractivity contribution in [1.82, 2.24) is 29.9 Å². The molecule has 0 radical (unpaired) electrons. The number of aromatic nitrogens is 5. The van der Waals surface area contributed by atoms with Crippen LogP contribution in [0.3, 0.4) is 0 Å². The third-order valence-corrected chi connectivity index (χ3v) is 5.18. The maximum absolute atomic E-state index is 13.5. The van der Waals surface area contributed by atoms with E-state index in [9.17, 15) is 31.1 Å². The fraction of sp³-hybridized carbons (Fsp3) is 0.368. The topological polar surface area (TPSA) is 86.9 Å². The van der Waals surface area contributed by atoms with E-state index in [1.165, 1.54) is 24.9 Å². The lowest BCUT2D eigenvalue weighted by Crippen LogP contribution is -2.28. The molecule has 1 aliphatic rings. The number of alkyl halides is 6. The normalized spacial score (nSPS) is 16.1. The van der Waals surface area contributed by atoms with Crippen LogP contribution in [0.5, 0.6) is 5.88 Å². The number of hydrogen-bond acceptors (Lipinski definition) is 5. The van der Waals surface area contributed by atoms with Gasteiger partial charge in [-0.1, -0.05) is 0 Å². The van der Waals surface area contributed by atoms with Crippen molar-refractivity contribution in [3.8, 4) is 17.1 Å². The van der Waals surface area contributed by atoms with Gasteiger partial charge in [-0.05, 0) is 12.5 Å². The molecule has 3 aromatic heterocycles. The number of fused-ring (bicyclic) bond motifs is 1. The van der Waals surface area contributed by atoms with Gasteiger partial charge in [0.1, 0.15) is 5.69 Å². The highest BCUT2D eigenvalue weighted by Gasteiger charge is 2.38. The average molecular weight is 474 g/mol. The molecule has 0 aliphatic carbocycles. The van der Waals surface area contributed by atoms with Crippen LogP contribution in [0.15, 0.2) is 24.4 Å². The molecule has 0 fully saturated rings. The Labute approximate surface area is 182 Å². The predicted molar refractivity (Wildman–Crippen MR) is 100 cm³/mol. The molecule has 14 heteroatoms. The molecular weight excluding hydrogens is 458 g/mol. The third-order valence-electron chi connectivity index (χ3n) is 5.18. The van der Waals surface area contributed by atoms with Gasteiger partial charge in [0.05, 0.1) is 30.1 Å². The monoisotopic (exact) mass is 474 g/mol. The summed E-state index contributed by atoms with van der Waals surface area (Å²) in [5, 5.41) is 10.1. The smallest absolute Gasteiger partial charge is 0.435 e. The summed E-state index contributed by atoms with van der Waals surface area (Å²) < 4.78 is 86.2. The molecule has 0 saturated carbocycles. The summed E-state index contributed by atoms with van der Waals surface area (Å²) in [5.74, 6) is -0.837. The summed E-state index contributed by atoms with van der Waals surface area (Å²) in [6, 6.07) is 2.47. The molecule has 0 aromatic carbocycles. The number of carbonyl (C=O) groups is 1. The van der Waals surface area contributed by atoms with Gasteiger partial charge in [-0.2, -0.15) is 36.5 Å². The molecule has 0 spiro atoms. The van der Waals surface area contributed by atoms with Gasteiger partial charge < -0.3 is 10.1 Å². The lowest BCUT2D eigenvalue weighted by Gasteiger charge is -2.13. The number of methoxy groups -OCH3 is 1. The fourth-order valence-electron chi connectivity index (χ4n) is 3.60.